The highest BCUT2D eigenvalue weighted by Crippen LogP contribution is 2.18. The summed E-state index contributed by atoms with van der Waals surface area (Å²) in [6, 6.07) is -1.64. The molecule has 10 heavy (non-hydrogen) atoms. The number of alkyl halides is 3. The van der Waals surface area contributed by atoms with Gasteiger partial charge in [0.15, 0.2) is 0 Å². The van der Waals surface area contributed by atoms with Gasteiger partial charge in [0, 0.05) is 0 Å². The molecular formula is C5H7F3NO. The average molecular weight is 154 g/mol. The lowest BCUT2D eigenvalue weighted by Crippen LogP contribution is -2.40. The molecule has 59 valence electrons. The van der Waals surface area contributed by atoms with Crippen molar-refractivity contribution in [1.29, 1.82) is 0 Å². The quantitative estimate of drug-likeness (QED) is 0.646. The second kappa shape index (κ2) is 3.55. The molecule has 2 nitrogen and oxygen atoms in total. The third-order valence-corrected chi connectivity index (χ3v) is 0.971. The van der Waals surface area contributed by atoms with Crippen LogP contribution in [-0.2, 0) is 4.79 Å². The summed E-state index contributed by atoms with van der Waals surface area (Å²) >= 11 is 0. The Kier molecular flexibility index (Phi) is 3.35. The number of hydrogen-bond donors (Lipinski definition) is 1. The van der Waals surface area contributed by atoms with E-state index in [-0.39, 0.29) is 6.54 Å². The maximum Gasteiger partial charge on any atom is 0.403 e. The number of halogens is 3. The van der Waals surface area contributed by atoms with E-state index in [4.69, 9.17) is 0 Å². The Bertz CT molecular complexity index is 112. The monoisotopic (exact) mass is 154 g/mol. The molecule has 1 atom stereocenters. The molecule has 5 heteroatoms. The minimum absolute atomic E-state index is 0.388. The fourth-order valence-electron chi connectivity index (χ4n) is 0.310. The number of rotatable bonds is 3. The topological polar surface area (TPSA) is 29.1 Å². The van der Waals surface area contributed by atoms with Crippen LogP contribution in [0.2, 0.25) is 0 Å². The zero-order valence-corrected chi connectivity index (χ0v) is 5.33. The van der Waals surface area contributed by atoms with Gasteiger partial charge in [0.1, 0.15) is 6.04 Å². The van der Waals surface area contributed by atoms with E-state index in [1.165, 1.54) is 6.29 Å². The molecule has 1 radical (unpaired) electrons. The van der Waals surface area contributed by atoms with Crippen molar-refractivity contribution in [2.45, 2.75) is 19.1 Å². The van der Waals surface area contributed by atoms with Gasteiger partial charge in [0.2, 0.25) is 6.29 Å². The Morgan fingerprint density at radius 2 is 2.10 bits per heavy atom. The predicted octanol–water partition coefficient (Wildman–Crippen LogP) is 0.637. The molecule has 0 heterocycles. The molecule has 1 N–H and O–H groups in total. The van der Waals surface area contributed by atoms with Gasteiger partial charge in [0.05, 0.1) is 6.54 Å². The first-order valence-electron chi connectivity index (χ1n) is 2.63. The zero-order valence-electron chi connectivity index (χ0n) is 5.33. The Morgan fingerprint density at radius 1 is 1.60 bits per heavy atom. The third-order valence-electron chi connectivity index (χ3n) is 0.971. The van der Waals surface area contributed by atoms with Crippen LogP contribution in [0.25, 0.3) is 0 Å². The van der Waals surface area contributed by atoms with Crippen molar-refractivity contribution in [1.82, 2.24) is 5.32 Å². The average Bonchev–Trinajstić information content (AvgIpc) is 1.80. The molecule has 0 aliphatic heterocycles. The SMILES string of the molecule is C[C@H](NC[C]=O)C(F)(F)F. The molecule has 0 aromatic rings. The summed E-state index contributed by atoms with van der Waals surface area (Å²) in [5, 5.41) is 1.92. The zero-order chi connectivity index (χ0) is 8.20. The summed E-state index contributed by atoms with van der Waals surface area (Å²) in [6.07, 6.45) is -2.97. The molecule has 0 saturated heterocycles. The Hall–Kier alpha value is -0.580. The van der Waals surface area contributed by atoms with Crippen LogP contribution in [0.5, 0.6) is 0 Å². The van der Waals surface area contributed by atoms with Crippen LogP contribution < -0.4 is 5.32 Å². The fourth-order valence-corrected chi connectivity index (χ4v) is 0.310. The summed E-state index contributed by atoms with van der Waals surface area (Å²) in [6.45, 7) is 0.554. The highest BCUT2D eigenvalue weighted by atomic mass is 19.4. The van der Waals surface area contributed by atoms with Gasteiger partial charge in [-0.3, -0.25) is 10.1 Å². The van der Waals surface area contributed by atoms with Crippen LogP contribution in [0.3, 0.4) is 0 Å². The molecular weight excluding hydrogens is 147 g/mol. The van der Waals surface area contributed by atoms with Crippen molar-refractivity contribution < 1.29 is 18.0 Å². The van der Waals surface area contributed by atoms with E-state index >= 15 is 0 Å². The first-order chi connectivity index (χ1) is 4.48. The molecule has 0 aromatic heterocycles. The number of nitrogens with one attached hydrogen (secondary N) is 1. The van der Waals surface area contributed by atoms with Crippen molar-refractivity contribution >= 4 is 6.29 Å². The van der Waals surface area contributed by atoms with Crippen molar-refractivity contribution in [3.05, 3.63) is 0 Å². The third kappa shape index (κ3) is 3.45. The lowest BCUT2D eigenvalue weighted by atomic mass is 10.3. The Balaban J connectivity index is 3.61. The maximum atomic E-state index is 11.6. The minimum atomic E-state index is -4.28. The molecule has 0 aromatic carbocycles. The van der Waals surface area contributed by atoms with Crippen LogP contribution in [0.4, 0.5) is 13.2 Å². The van der Waals surface area contributed by atoms with Crippen LogP contribution in [-0.4, -0.2) is 25.0 Å². The molecule has 0 spiro atoms. The van der Waals surface area contributed by atoms with E-state index in [2.05, 4.69) is 0 Å². The molecule has 0 saturated carbocycles. The Labute approximate surface area is 56.4 Å². The molecule has 0 rings (SSSR count). The molecule has 0 unspecified atom stereocenters. The molecule has 0 amide bonds. The first-order valence-corrected chi connectivity index (χ1v) is 2.63. The van der Waals surface area contributed by atoms with Gasteiger partial charge < -0.3 is 0 Å². The van der Waals surface area contributed by atoms with E-state index in [1.54, 1.807) is 0 Å². The van der Waals surface area contributed by atoms with E-state index in [9.17, 15) is 18.0 Å². The highest BCUT2D eigenvalue weighted by Gasteiger charge is 2.35. The fraction of sp³-hybridized carbons (Fsp3) is 0.800. The Morgan fingerprint density at radius 3 is 2.40 bits per heavy atom. The molecule has 0 aliphatic rings. The normalized spacial score (nSPS) is 14.8. The van der Waals surface area contributed by atoms with Crippen molar-refractivity contribution in [2.75, 3.05) is 6.54 Å². The second-order valence-corrected chi connectivity index (χ2v) is 1.79. The van der Waals surface area contributed by atoms with Crippen LogP contribution in [0.15, 0.2) is 0 Å². The summed E-state index contributed by atoms with van der Waals surface area (Å²) in [4.78, 5) is 9.48. The summed E-state index contributed by atoms with van der Waals surface area (Å²) < 4.78 is 34.7. The van der Waals surface area contributed by atoms with Gasteiger partial charge in [-0.05, 0) is 6.92 Å². The van der Waals surface area contributed by atoms with Gasteiger partial charge in [-0.15, -0.1) is 0 Å². The molecule has 0 bridgehead atoms. The summed E-state index contributed by atoms with van der Waals surface area (Å²) in [5.41, 5.74) is 0. The number of hydrogen-bond acceptors (Lipinski definition) is 2. The summed E-state index contributed by atoms with van der Waals surface area (Å²) in [7, 11) is 0. The smallest absolute Gasteiger partial charge is 0.299 e. The van der Waals surface area contributed by atoms with E-state index < -0.39 is 12.2 Å². The van der Waals surface area contributed by atoms with E-state index in [1.807, 2.05) is 5.32 Å². The lowest BCUT2D eigenvalue weighted by molar-refractivity contribution is -0.150. The molecule has 0 fully saturated rings. The van der Waals surface area contributed by atoms with Gasteiger partial charge in [-0.25, -0.2) is 0 Å². The number of carbonyl (C=O) groups excluding carboxylic acids is 1. The first kappa shape index (κ1) is 9.42. The minimum Gasteiger partial charge on any atom is -0.299 e. The standard InChI is InChI=1S/C5H7F3NO/c1-4(5(6,7)8)9-2-3-10/h4,9H,2H2,1H3/t4-/m0/s1. The van der Waals surface area contributed by atoms with E-state index in [0.717, 1.165) is 6.92 Å². The van der Waals surface area contributed by atoms with Gasteiger partial charge in [0.25, 0.3) is 0 Å². The van der Waals surface area contributed by atoms with Gasteiger partial charge in [-0.1, -0.05) is 0 Å². The van der Waals surface area contributed by atoms with Crippen molar-refractivity contribution in [3.8, 4) is 0 Å². The highest BCUT2D eigenvalue weighted by molar-refractivity contribution is 5.52. The summed E-state index contributed by atoms with van der Waals surface area (Å²) in [5.74, 6) is 0. The predicted molar refractivity (Wildman–Crippen MR) is 29.2 cm³/mol. The molecule has 0 aliphatic carbocycles. The van der Waals surface area contributed by atoms with E-state index in [0.29, 0.717) is 0 Å². The maximum absolute atomic E-state index is 11.6. The van der Waals surface area contributed by atoms with Crippen LogP contribution in [0.1, 0.15) is 6.92 Å². The van der Waals surface area contributed by atoms with Crippen LogP contribution >= 0.6 is 0 Å². The second-order valence-electron chi connectivity index (χ2n) is 1.79. The van der Waals surface area contributed by atoms with Gasteiger partial charge >= 0.3 is 6.18 Å². The van der Waals surface area contributed by atoms with Crippen LogP contribution in [0, 0.1) is 0 Å². The lowest BCUT2D eigenvalue weighted by Gasteiger charge is -2.14. The van der Waals surface area contributed by atoms with Crippen molar-refractivity contribution in [2.24, 2.45) is 0 Å². The van der Waals surface area contributed by atoms with Gasteiger partial charge in [-0.2, -0.15) is 13.2 Å². The largest absolute Gasteiger partial charge is 0.403 e. The van der Waals surface area contributed by atoms with Crippen molar-refractivity contribution in [3.63, 3.8) is 0 Å².